The Hall–Kier alpha value is -2.59. The topological polar surface area (TPSA) is 43.4 Å². The molecule has 24 heavy (non-hydrogen) atoms. The monoisotopic (exact) mass is 320 g/mol. The quantitative estimate of drug-likeness (QED) is 0.792. The van der Waals surface area contributed by atoms with Crippen molar-refractivity contribution >= 4 is 16.6 Å². The van der Waals surface area contributed by atoms with E-state index in [2.05, 4.69) is 41.7 Å². The van der Waals surface area contributed by atoms with E-state index in [1.807, 2.05) is 25.1 Å². The molecule has 4 nitrogen and oxygen atoms in total. The third kappa shape index (κ3) is 2.49. The number of ether oxygens (including phenoxy) is 2. The predicted octanol–water partition coefficient (Wildman–Crippen LogP) is 3.89. The average molecular weight is 320 g/mol. The Morgan fingerprint density at radius 2 is 1.83 bits per heavy atom. The van der Waals surface area contributed by atoms with E-state index in [-0.39, 0.29) is 5.54 Å². The largest absolute Gasteiger partial charge is 0.497 e. The first-order chi connectivity index (χ1) is 11.7. The van der Waals surface area contributed by atoms with Crippen molar-refractivity contribution < 1.29 is 9.47 Å². The summed E-state index contributed by atoms with van der Waals surface area (Å²) in [7, 11) is 1.68. The predicted molar refractivity (Wildman–Crippen MR) is 95.6 cm³/mol. The lowest BCUT2D eigenvalue weighted by atomic mass is 9.87. The molecule has 1 fully saturated rings. The van der Waals surface area contributed by atoms with Gasteiger partial charge in [0.25, 0.3) is 0 Å². The van der Waals surface area contributed by atoms with Gasteiger partial charge in [0.05, 0.1) is 31.5 Å². The summed E-state index contributed by atoms with van der Waals surface area (Å²) in [6.45, 7) is 3.30. The zero-order chi connectivity index (χ0) is 16.6. The molecule has 0 aliphatic carbocycles. The molecule has 4 heteroatoms. The number of hydrogen-bond donors (Lipinski definition) is 1. The molecule has 2 aromatic carbocycles. The third-order valence-corrected chi connectivity index (χ3v) is 4.57. The molecular weight excluding hydrogens is 300 g/mol. The van der Waals surface area contributed by atoms with Gasteiger partial charge in [-0.25, -0.2) is 0 Å². The lowest BCUT2D eigenvalue weighted by molar-refractivity contribution is -0.0446. The van der Waals surface area contributed by atoms with Crippen LogP contribution in [0.4, 0.5) is 5.69 Å². The lowest BCUT2D eigenvalue weighted by Crippen LogP contribution is -2.53. The molecule has 3 aromatic rings. The van der Waals surface area contributed by atoms with Gasteiger partial charge < -0.3 is 14.8 Å². The number of aromatic nitrogens is 1. The highest BCUT2D eigenvalue weighted by atomic mass is 16.5. The highest BCUT2D eigenvalue weighted by molar-refractivity contribution is 5.90. The fraction of sp³-hybridized carbons (Fsp3) is 0.250. The average Bonchev–Trinajstić information content (AvgIpc) is 2.58. The third-order valence-electron chi connectivity index (χ3n) is 4.57. The summed E-state index contributed by atoms with van der Waals surface area (Å²) in [6, 6.07) is 18.5. The molecule has 122 valence electrons. The fourth-order valence-corrected chi connectivity index (χ4v) is 3.13. The van der Waals surface area contributed by atoms with Gasteiger partial charge >= 0.3 is 0 Å². The fourth-order valence-electron chi connectivity index (χ4n) is 3.13. The second-order valence-electron chi connectivity index (χ2n) is 6.26. The molecule has 1 aromatic heterocycles. The van der Waals surface area contributed by atoms with E-state index in [4.69, 9.17) is 14.5 Å². The molecule has 1 aliphatic rings. The zero-order valence-electron chi connectivity index (χ0n) is 13.9. The highest BCUT2D eigenvalue weighted by Crippen LogP contribution is 2.36. The number of aryl methyl sites for hydroxylation is 1. The van der Waals surface area contributed by atoms with Crippen LogP contribution in [0, 0.1) is 6.92 Å². The number of rotatable bonds is 4. The minimum absolute atomic E-state index is 0.216. The summed E-state index contributed by atoms with van der Waals surface area (Å²) in [4.78, 5) is 4.72. The Kier molecular flexibility index (Phi) is 3.62. The molecule has 0 atom stereocenters. The normalized spacial score (nSPS) is 15.8. The molecule has 0 spiro atoms. The Labute approximate surface area is 141 Å². The Morgan fingerprint density at radius 3 is 2.50 bits per heavy atom. The summed E-state index contributed by atoms with van der Waals surface area (Å²) in [5.41, 5.74) is 4.03. The van der Waals surface area contributed by atoms with Crippen LogP contribution in [0.1, 0.15) is 11.3 Å². The van der Waals surface area contributed by atoms with Gasteiger partial charge in [0, 0.05) is 11.1 Å². The molecule has 0 bridgehead atoms. The first-order valence-corrected chi connectivity index (χ1v) is 8.07. The van der Waals surface area contributed by atoms with Crippen LogP contribution in [0.3, 0.4) is 0 Å². The summed E-state index contributed by atoms with van der Waals surface area (Å²) >= 11 is 0. The number of fused-ring (bicyclic) bond motifs is 1. The molecule has 0 saturated carbocycles. The van der Waals surface area contributed by atoms with Gasteiger partial charge in [-0.3, -0.25) is 4.98 Å². The van der Waals surface area contributed by atoms with Crippen molar-refractivity contribution in [1.29, 1.82) is 0 Å². The smallest absolute Gasteiger partial charge is 0.118 e. The zero-order valence-corrected chi connectivity index (χ0v) is 13.9. The molecule has 1 saturated heterocycles. The van der Waals surface area contributed by atoms with Gasteiger partial charge in [-0.1, -0.05) is 30.3 Å². The first-order valence-electron chi connectivity index (χ1n) is 8.07. The molecule has 1 aliphatic heterocycles. The van der Waals surface area contributed by atoms with Crippen LogP contribution in [-0.4, -0.2) is 25.3 Å². The van der Waals surface area contributed by atoms with E-state index in [9.17, 15) is 0 Å². The van der Waals surface area contributed by atoms with Gasteiger partial charge in [0.15, 0.2) is 0 Å². The lowest BCUT2D eigenvalue weighted by Gasteiger charge is -2.43. The standard InChI is InChI=1S/C20H20N2O2/c1-14-6-7-15-4-3-5-18(19(15)21-14)22-20(12-24-13-20)16-8-10-17(23-2)11-9-16/h3-11,22H,12-13H2,1-2H3. The molecule has 0 amide bonds. The molecule has 4 rings (SSSR count). The number of hydrogen-bond acceptors (Lipinski definition) is 4. The molecule has 2 heterocycles. The van der Waals surface area contributed by atoms with Gasteiger partial charge in [-0.2, -0.15) is 0 Å². The molecule has 1 N–H and O–H groups in total. The number of methoxy groups -OCH3 is 1. The van der Waals surface area contributed by atoms with Crippen LogP contribution in [0.25, 0.3) is 10.9 Å². The van der Waals surface area contributed by atoms with Crippen molar-refractivity contribution in [2.45, 2.75) is 12.5 Å². The van der Waals surface area contributed by atoms with E-state index in [1.165, 1.54) is 5.56 Å². The molecule has 0 unspecified atom stereocenters. The summed E-state index contributed by atoms with van der Waals surface area (Å²) < 4.78 is 10.8. The van der Waals surface area contributed by atoms with Gasteiger partial charge in [-0.15, -0.1) is 0 Å². The maximum atomic E-state index is 5.54. The van der Waals surface area contributed by atoms with E-state index < -0.39 is 0 Å². The Bertz CT molecular complexity index is 870. The Morgan fingerprint density at radius 1 is 1.04 bits per heavy atom. The van der Waals surface area contributed by atoms with Crippen molar-refractivity contribution in [2.75, 3.05) is 25.6 Å². The second kappa shape index (κ2) is 5.80. The minimum atomic E-state index is -0.216. The van der Waals surface area contributed by atoms with E-state index in [1.54, 1.807) is 7.11 Å². The van der Waals surface area contributed by atoms with Crippen LogP contribution < -0.4 is 10.1 Å². The minimum Gasteiger partial charge on any atom is -0.497 e. The van der Waals surface area contributed by atoms with Crippen LogP contribution in [-0.2, 0) is 10.3 Å². The maximum absolute atomic E-state index is 5.54. The summed E-state index contributed by atoms with van der Waals surface area (Å²) in [5, 5.41) is 4.82. The number of pyridine rings is 1. The highest BCUT2D eigenvalue weighted by Gasteiger charge is 2.40. The number of benzene rings is 2. The van der Waals surface area contributed by atoms with Crippen molar-refractivity contribution in [2.24, 2.45) is 0 Å². The SMILES string of the molecule is COc1ccc(C2(Nc3cccc4ccc(C)nc34)COC2)cc1. The van der Waals surface area contributed by atoms with Crippen LogP contribution in [0.2, 0.25) is 0 Å². The van der Waals surface area contributed by atoms with Crippen molar-refractivity contribution in [1.82, 2.24) is 4.98 Å². The van der Waals surface area contributed by atoms with Crippen molar-refractivity contribution in [3.63, 3.8) is 0 Å². The van der Waals surface area contributed by atoms with E-state index in [0.717, 1.165) is 28.0 Å². The maximum Gasteiger partial charge on any atom is 0.118 e. The number of para-hydroxylation sites is 1. The van der Waals surface area contributed by atoms with Gasteiger partial charge in [0.2, 0.25) is 0 Å². The van der Waals surface area contributed by atoms with Crippen LogP contribution >= 0.6 is 0 Å². The van der Waals surface area contributed by atoms with Crippen molar-refractivity contribution in [3.8, 4) is 5.75 Å². The van der Waals surface area contributed by atoms with E-state index >= 15 is 0 Å². The van der Waals surface area contributed by atoms with Crippen LogP contribution in [0.15, 0.2) is 54.6 Å². The van der Waals surface area contributed by atoms with Gasteiger partial charge in [-0.05, 0) is 36.8 Å². The Balaban J connectivity index is 1.73. The number of nitrogens with one attached hydrogen (secondary N) is 1. The second-order valence-corrected chi connectivity index (χ2v) is 6.26. The first kappa shape index (κ1) is 15.0. The van der Waals surface area contributed by atoms with E-state index in [0.29, 0.717) is 13.2 Å². The van der Waals surface area contributed by atoms with Crippen LogP contribution in [0.5, 0.6) is 5.75 Å². The van der Waals surface area contributed by atoms with Gasteiger partial charge in [0.1, 0.15) is 11.3 Å². The number of anilines is 1. The van der Waals surface area contributed by atoms with Crippen molar-refractivity contribution in [3.05, 3.63) is 65.9 Å². The molecule has 0 radical (unpaired) electrons. The summed E-state index contributed by atoms with van der Waals surface area (Å²) in [5.74, 6) is 0.858. The summed E-state index contributed by atoms with van der Waals surface area (Å²) in [6.07, 6.45) is 0. The number of nitrogens with zero attached hydrogens (tertiary/aromatic N) is 1. The molecular formula is C20H20N2O2.